The molecule has 120 valence electrons. The minimum Gasteiger partial charge on any atom is -0.481 e. The molecule has 1 aliphatic carbocycles. The molecule has 0 bridgehead atoms. The number of amides is 1. The number of aliphatic carboxylic acids is 1. The zero-order valence-electron chi connectivity index (χ0n) is 13.1. The van der Waals surface area contributed by atoms with Gasteiger partial charge in [-0.2, -0.15) is 0 Å². The van der Waals surface area contributed by atoms with E-state index in [0.717, 1.165) is 32.1 Å². The smallest absolute Gasteiger partial charge is 0.311 e. The highest BCUT2D eigenvalue weighted by Gasteiger charge is 2.46. The Balaban J connectivity index is 1.96. The summed E-state index contributed by atoms with van der Waals surface area (Å²) in [5.41, 5.74) is 5.25. The molecule has 21 heavy (non-hydrogen) atoms. The summed E-state index contributed by atoms with van der Waals surface area (Å²) < 4.78 is 0. The summed E-state index contributed by atoms with van der Waals surface area (Å²) in [7, 11) is 0. The fourth-order valence-corrected chi connectivity index (χ4v) is 3.90. The molecule has 1 aliphatic heterocycles. The van der Waals surface area contributed by atoms with Crippen molar-refractivity contribution in [3.05, 3.63) is 0 Å². The zero-order chi connectivity index (χ0) is 15.5. The fourth-order valence-electron chi connectivity index (χ4n) is 3.90. The standard InChI is InChI=1S/C16H28N2O3/c1-2-6-15(14(20)21)9-10-18(12-15)13(19)11-16(17)7-4-3-5-8-16/h2-12,17H2,1H3,(H,20,21). The number of likely N-dealkylation sites (tertiary alicyclic amines) is 1. The maximum absolute atomic E-state index is 12.5. The van der Waals surface area contributed by atoms with Crippen molar-refractivity contribution < 1.29 is 14.7 Å². The molecule has 5 nitrogen and oxygen atoms in total. The van der Waals surface area contributed by atoms with Crippen LogP contribution in [0, 0.1) is 5.41 Å². The van der Waals surface area contributed by atoms with Crippen LogP contribution in [0.25, 0.3) is 0 Å². The molecule has 0 aromatic rings. The quantitative estimate of drug-likeness (QED) is 0.814. The number of hydrogen-bond donors (Lipinski definition) is 2. The molecular formula is C16H28N2O3. The molecule has 1 saturated heterocycles. The minimum atomic E-state index is -0.764. The first-order chi connectivity index (χ1) is 9.91. The highest BCUT2D eigenvalue weighted by Crippen LogP contribution is 2.37. The maximum Gasteiger partial charge on any atom is 0.311 e. The third-order valence-corrected chi connectivity index (χ3v) is 5.24. The van der Waals surface area contributed by atoms with Crippen LogP contribution in [0.2, 0.25) is 0 Å². The highest BCUT2D eigenvalue weighted by molar-refractivity contribution is 5.81. The third kappa shape index (κ3) is 3.57. The van der Waals surface area contributed by atoms with Crippen molar-refractivity contribution in [2.75, 3.05) is 13.1 Å². The van der Waals surface area contributed by atoms with Gasteiger partial charge < -0.3 is 15.7 Å². The molecule has 2 aliphatic rings. The Morgan fingerprint density at radius 1 is 1.19 bits per heavy atom. The Labute approximate surface area is 126 Å². The van der Waals surface area contributed by atoms with Crippen molar-refractivity contribution >= 4 is 11.9 Å². The number of rotatable bonds is 5. The molecular weight excluding hydrogens is 268 g/mol. The van der Waals surface area contributed by atoms with Gasteiger partial charge in [0.2, 0.25) is 5.91 Å². The number of nitrogens with zero attached hydrogens (tertiary/aromatic N) is 1. The van der Waals surface area contributed by atoms with Crippen LogP contribution in [0.4, 0.5) is 0 Å². The van der Waals surface area contributed by atoms with Crippen molar-refractivity contribution in [2.45, 2.75) is 70.3 Å². The second kappa shape index (κ2) is 6.34. The van der Waals surface area contributed by atoms with Gasteiger partial charge in [-0.15, -0.1) is 0 Å². The first-order valence-corrected chi connectivity index (χ1v) is 8.21. The molecule has 1 amide bonds. The maximum atomic E-state index is 12.5. The lowest BCUT2D eigenvalue weighted by atomic mass is 9.80. The molecule has 2 fully saturated rings. The summed E-state index contributed by atoms with van der Waals surface area (Å²) in [6, 6.07) is 0. The lowest BCUT2D eigenvalue weighted by Crippen LogP contribution is -2.47. The van der Waals surface area contributed by atoms with Crippen molar-refractivity contribution in [2.24, 2.45) is 11.1 Å². The Hall–Kier alpha value is -1.10. The van der Waals surface area contributed by atoms with E-state index >= 15 is 0 Å². The van der Waals surface area contributed by atoms with Gasteiger partial charge in [-0.1, -0.05) is 32.6 Å². The summed E-state index contributed by atoms with van der Waals surface area (Å²) in [5, 5.41) is 9.50. The Bertz CT molecular complexity index is 404. The number of carbonyl (C=O) groups is 2. The van der Waals surface area contributed by atoms with Crippen LogP contribution in [-0.2, 0) is 9.59 Å². The fraction of sp³-hybridized carbons (Fsp3) is 0.875. The van der Waals surface area contributed by atoms with Crippen molar-refractivity contribution in [3.63, 3.8) is 0 Å². The Kier molecular flexibility index (Phi) is 4.91. The number of carboxylic acids is 1. The van der Waals surface area contributed by atoms with Gasteiger partial charge in [0.25, 0.3) is 0 Å². The van der Waals surface area contributed by atoms with E-state index in [4.69, 9.17) is 5.73 Å². The molecule has 0 aromatic heterocycles. The van der Waals surface area contributed by atoms with Gasteiger partial charge in [-0.25, -0.2) is 0 Å². The molecule has 3 N–H and O–H groups in total. The molecule has 2 rings (SSSR count). The number of hydrogen-bond acceptors (Lipinski definition) is 3. The van der Waals surface area contributed by atoms with E-state index in [9.17, 15) is 14.7 Å². The summed E-state index contributed by atoms with van der Waals surface area (Å²) in [4.78, 5) is 25.8. The van der Waals surface area contributed by atoms with Crippen LogP contribution < -0.4 is 5.73 Å². The van der Waals surface area contributed by atoms with Gasteiger partial charge in [0.15, 0.2) is 0 Å². The molecule has 1 heterocycles. The minimum absolute atomic E-state index is 0.0404. The van der Waals surface area contributed by atoms with Gasteiger partial charge >= 0.3 is 5.97 Å². The summed E-state index contributed by atoms with van der Waals surface area (Å²) in [6.45, 7) is 2.90. The number of carboxylic acid groups (broad SMARTS) is 1. The van der Waals surface area contributed by atoms with Crippen LogP contribution in [0.15, 0.2) is 0 Å². The van der Waals surface area contributed by atoms with E-state index in [2.05, 4.69) is 0 Å². The zero-order valence-corrected chi connectivity index (χ0v) is 13.1. The topological polar surface area (TPSA) is 83.6 Å². The van der Waals surface area contributed by atoms with Gasteiger partial charge in [0.05, 0.1) is 5.41 Å². The lowest BCUT2D eigenvalue weighted by molar-refractivity contribution is -0.149. The molecule has 0 aromatic carbocycles. The summed E-state index contributed by atoms with van der Waals surface area (Å²) in [6.07, 6.45) is 7.62. The van der Waals surface area contributed by atoms with Gasteiger partial charge in [0.1, 0.15) is 0 Å². The lowest BCUT2D eigenvalue weighted by Gasteiger charge is -2.34. The van der Waals surface area contributed by atoms with E-state index in [0.29, 0.717) is 32.4 Å². The molecule has 1 saturated carbocycles. The van der Waals surface area contributed by atoms with Gasteiger partial charge in [0, 0.05) is 25.0 Å². The highest BCUT2D eigenvalue weighted by atomic mass is 16.4. The Morgan fingerprint density at radius 3 is 2.43 bits per heavy atom. The van der Waals surface area contributed by atoms with Crippen molar-refractivity contribution in [1.29, 1.82) is 0 Å². The predicted molar refractivity (Wildman–Crippen MR) is 80.8 cm³/mol. The normalized spacial score (nSPS) is 28.6. The van der Waals surface area contributed by atoms with Crippen LogP contribution in [0.5, 0.6) is 0 Å². The second-order valence-corrected chi connectivity index (χ2v) is 7.00. The first-order valence-electron chi connectivity index (χ1n) is 8.21. The van der Waals surface area contributed by atoms with E-state index in [-0.39, 0.29) is 11.4 Å². The molecule has 0 spiro atoms. The third-order valence-electron chi connectivity index (χ3n) is 5.24. The SMILES string of the molecule is CCCC1(C(=O)O)CCN(C(=O)CC2(N)CCCCC2)C1. The van der Waals surface area contributed by atoms with Crippen LogP contribution in [0.3, 0.4) is 0 Å². The first kappa shape index (κ1) is 16.3. The van der Waals surface area contributed by atoms with E-state index in [1.807, 2.05) is 6.92 Å². The molecule has 1 atom stereocenters. The average molecular weight is 296 g/mol. The number of nitrogens with two attached hydrogens (primary N) is 1. The van der Waals surface area contributed by atoms with Crippen LogP contribution in [0.1, 0.15) is 64.7 Å². The van der Waals surface area contributed by atoms with Gasteiger partial charge in [-0.05, 0) is 25.7 Å². The molecule has 0 radical (unpaired) electrons. The Morgan fingerprint density at radius 2 is 1.86 bits per heavy atom. The average Bonchev–Trinajstić information content (AvgIpc) is 2.85. The second-order valence-electron chi connectivity index (χ2n) is 7.00. The van der Waals surface area contributed by atoms with Crippen molar-refractivity contribution in [1.82, 2.24) is 4.90 Å². The van der Waals surface area contributed by atoms with E-state index < -0.39 is 11.4 Å². The summed E-state index contributed by atoms with van der Waals surface area (Å²) >= 11 is 0. The number of carbonyl (C=O) groups excluding carboxylic acids is 1. The molecule has 5 heteroatoms. The van der Waals surface area contributed by atoms with Gasteiger partial charge in [-0.3, -0.25) is 9.59 Å². The van der Waals surface area contributed by atoms with E-state index in [1.54, 1.807) is 4.90 Å². The predicted octanol–water partition coefficient (Wildman–Crippen LogP) is 2.14. The largest absolute Gasteiger partial charge is 0.481 e. The molecule has 1 unspecified atom stereocenters. The summed E-state index contributed by atoms with van der Waals surface area (Å²) in [5.74, 6) is -0.724. The van der Waals surface area contributed by atoms with Crippen LogP contribution in [-0.4, -0.2) is 40.5 Å². The van der Waals surface area contributed by atoms with Crippen molar-refractivity contribution in [3.8, 4) is 0 Å². The van der Waals surface area contributed by atoms with E-state index in [1.165, 1.54) is 6.42 Å². The monoisotopic (exact) mass is 296 g/mol. The van der Waals surface area contributed by atoms with Crippen LogP contribution >= 0.6 is 0 Å².